The van der Waals surface area contributed by atoms with Crippen molar-refractivity contribution in [1.29, 1.82) is 0 Å². The van der Waals surface area contributed by atoms with Crippen LogP contribution in [0.5, 0.6) is 0 Å². The van der Waals surface area contributed by atoms with Gasteiger partial charge in [0.2, 0.25) is 9.05 Å². The van der Waals surface area contributed by atoms with Crippen LogP contribution in [0, 0.1) is 6.92 Å². The zero-order valence-electron chi connectivity index (χ0n) is 7.99. The second-order valence-corrected chi connectivity index (χ2v) is 5.84. The van der Waals surface area contributed by atoms with Crippen molar-refractivity contribution < 1.29 is 21.6 Å². The predicted molar refractivity (Wildman–Crippen MR) is 52.5 cm³/mol. The van der Waals surface area contributed by atoms with E-state index in [2.05, 4.69) is 4.98 Å². The lowest BCUT2D eigenvalue weighted by Gasteiger charge is -2.18. The summed E-state index contributed by atoms with van der Waals surface area (Å²) in [6, 6.07) is 1.29. The van der Waals surface area contributed by atoms with Crippen LogP contribution in [0.4, 0.5) is 13.2 Å². The van der Waals surface area contributed by atoms with Crippen molar-refractivity contribution in [2.24, 2.45) is 0 Å². The molecule has 3 nitrogen and oxygen atoms in total. The maximum Gasteiger partial charge on any atom is 0.410 e. The zero-order valence-corrected chi connectivity index (χ0v) is 9.57. The Labute approximate surface area is 94.7 Å². The van der Waals surface area contributed by atoms with Gasteiger partial charge in [0.1, 0.15) is 0 Å². The topological polar surface area (TPSA) is 47.0 Å². The van der Waals surface area contributed by atoms with Gasteiger partial charge in [-0.2, -0.15) is 13.2 Å². The first-order valence-electron chi connectivity index (χ1n) is 4.04. The highest BCUT2D eigenvalue weighted by atomic mass is 35.7. The van der Waals surface area contributed by atoms with E-state index >= 15 is 0 Å². The molecule has 8 heteroatoms. The van der Waals surface area contributed by atoms with E-state index in [1.165, 1.54) is 19.2 Å². The molecule has 1 heterocycles. The maximum absolute atomic E-state index is 12.6. The Balaban J connectivity index is 3.41. The quantitative estimate of drug-likeness (QED) is 0.778. The summed E-state index contributed by atoms with van der Waals surface area (Å²) >= 11 is 0. The number of aryl methyl sites for hydroxylation is 1. The third-order valence-electron chi connectivity index (χ3n) is 1.94. The van der Waals surface area contributed by atoms with Crippen LogP contribution in [0.3, 0.4) is 0 Å². The number of pyridine rings is 1. The lowest BCUT2D eigenvalue weighted by molar-refractivity contribution is -0.131. The molecule has 0 bridgehead atoms. The molecule has 1 unspecified atom stereocenters. The summed E-state index contributed by atoms with van der Waals surface area (Å²) in [6.45, 7) is 1.36. The summed E-state index contributed by atoms with van der Waals surface area (Å²) in [5, 5.41) is -2.74. The molecule has 0 saturated heterocycles. The minimum Gasteiger partial charge on any atom is -0.264 e. The molecule has 0 saturated carbocycles. The van der Waals surface area contributed by atoms with Crippen molar-refractivity contribution in [1.82, 2.24) is 4.98 Å². The van der Waals surface area contributed by atoms with E-state index in [1.54, 1.807) is 0 Å². The molecule has 90 valence electrons. The molecule has 1 atom stereocenters. The van der Waals surface area contributed by atoms with Crippen LogP contribution in [-0.4, -0.2) is 19.6 Å². The van der Waals surface area contributed by atoms with Crippen molar-refractivity contribution in [2.75, 3.05) is 0 Å². The Morgan fingerprint density at radius 1 is 1.44 bits per heavy atom. The van der Waals surface area contributed by atoms with Crippen molar-refractivity contribution in [3.05, 3.63) is 29.6 Å². The molecular formula is C8H7ClF3NO2S. The molecule has 0 radical (unpaired) electrons. The highest BCUT2D eigenvalue weighted by molar-refractivity contribution is 8.14. The molecule has 0 spiro atoms. The molecule has 1 aromatic rings. The second kappa shape index (κ2) is 4.21. The number of halogens is 4. The van der Waals surface area contributed by atoms with Crippen molar-refractivity contribution >= 4 is 19.7 Å². The Morgan fingerprint density at radius 2 is 2.00 bits per heavy atom. The average Bonchev–Trinajstić information content (AvgIpc) is 2.03. The van der Waals surface area contributed by atoms with Gasteiger partial charge in [-0.15, -0.1) is 0 Å². The maximum atomic E-state index is 12.6. The van der Waals surface area contributed by atoms with Gasteiger partial charge in [-0.25, -0.2) is 8.42 Å². The Bertz CT molecular complexity index is 486. The van der Waals surface area contributed by atoms with E-state index < -0.39 is 26.0 Å². The lowest BCUT2D eigenvalue weighted by Crippen LogP contribution is -2.26. The lowest BCUT2D eigenvalue weighted by atomic mass is 10.1. The predicted octanol–water partition coefficient (Wildman–Crippen LogP) is 2.56. The van der Waals surface area contributed by atoms with Crippen molar-refractivity contribution in [3.63, 3.8) is 0 Å². The van der Waals surface area contributed by atoms with E-state index in [4.69, 9.17) is 10.7 Å². The fourth-order valence-corrected chi connectivity index (χ4v) is 2.70. The van der Waals surface area contributed by atoms with Crippen LogP contribution in [0.2, 0.25) is 0 Å². The summed E-state index contributed by atoms with van der Waals surface area (Å²) in [4.78, 5) is 3.47. The van der Waals surface area contributed by atoms with Crippen LogP contribution in [-0.2, 0) is 9.05 Å². The van der Waals surface area contributed by atoms with Gasteiger partial charge in [-0.3, -0.25) is 4.98 Å². The molecule has 0 aliphatic rings. The number of nitrogens with zero attached hydrogens (tertiary/aromatic N) is 1. The van der Waals surface area contributed by atoms with Gasteiger partial charge in [-0.1, -0.05) is 0 Å². The van der Waals surface area contributed by atoms with Crippen LogP contribution in [0.15, 0.2) is 18.5 Å². The molecule has 0 aromatic carbocycles. The first-order chi connectivity index (χ1) is 7.14. The molecule has 0 aliphatic carbocycles. The normalized spacial score (nSPS) is 14.8. The van der Waals surface area contributed by atoms with E-state index in [0.29, 0.717) is 0 Å². The average molecular weight is 274 g/mol. The van der Waals surface area contributed by atoms with Crippen LogP contribution >= 0.6 is 10.7 Å². The molecule has 0 N–H and O–H groups in total. The monoisotopic (exact) mass is 273 g/mol. The van der Waals surface area contributed by atoms with Gasteiger partial charge in [0, 0.05) is 28.6 Å². The van der Waals surface area contributed by atoms with Gasteiger partial charge < -0.3 is 0 Å². The van der Waals surface area contributed by atoms with Gasteiger partial charge in [0.25, 0.3) is 0 Å². The third kappa shape index (κ3) is 2.85. The van der Waals surface area contributed by atoms with E-state index in [0.717, 1.165) is 6.20 Å². The van der Waals surface area contributed by atoms with E-state index in [9.17, 15) is 21.6 Å². The number of aromatic nitrogens is 1. The van der Waals surface area contributed by atoms with Crippen molar-refractivity contribution in [2.45, 2.75) is 18.3 Å². The van der Waals surface area contributed by atoms with Gasteiger partial charge in [0.05, 0.1) is 0 Å². The molecular weight excluding hydrogens is 267 g/mol. The highest BCUT2D eigenvalue weighted by Gasteiger charge is 2.49. The highest BCUT2D eigenvalue weighted by Crippen LogP contribution is 2.41. The first kappa shape index (κ1) is 13.2. The minimum absolute atomic E-state index is 0.168. The summed E-state index contributed by atoms with van der Waals surface area (Å²) < 4.78 is 59.7. The smallest absolute Gasteiger partial charge is 0.264 e. The summed E-state index contributed by atoms with van der Waals surface area (Å²) in [6.07, 6.45) is -2.84. The first-order valence-corrected chi connectivity index (χ1v) is 6.42. The summed E-state index contributed by atoms with van der Waals surface area (Å²) in [5.74, 6) is 0. The largest absolute Gasteiger partial charge is 0.410 e. The van der Waals surface area contributed by atoms with Crippen LogP contribution in [0.1, 0.15) is 16.4 Å². The third-order valence-corrected chi connectivity index (χ3v) is 3.56. The van der Waals surface area contributed by atoms with E-state index in [1.807, 2.05) is 0 Å². The Hall–Kier alpha value is -0.820. The number of hydrogen-bond acceptors (Lipinski definition) is 3. The fourth-order valence-electron chi connectivity index (χ4n) is 1.24. The Morgan fingerprint density at radius 3 is 2.38 bits per heavy atom. The molecule has 0 aliphatic heterocycles. The second-order valence-electron chi connectivity index (χ2n) is 3.13. The van der Waals surface area contributed by atoms with Gasteiger partial charge >= 0.3 is 6.18 Å². The standard InChI is InChI=1S/C8H7ClF3NO2S/c1-5-2-3-13-4-6(5)7(8(10,11)12)16(9,14)15/h2-4,7H,1H3. The molecule has 16 heavy (non-hydrogen) atoms. The molecule has 1 rings (SSSR count). The van der Waals surface area contributed by atoms with E-state index in [-0.39, 0.29) is 5.56 Å². The summed E-state index contributed by atoms with van der Waals surface area (Å²) in [5.41, 5.74) is -0.286. The number of alkyl halides is 3. The van der Waals surface area contributed by atoms with Gasteiger partial charge in [0.15, 0.2) is 5.25 Å². The Kier molecular flexibility index (Phi) is 3.49. The number of hydrogen-bond donors (Lipinski definition) is 0. The molecule has 1 aromatic heterocycles. The van der Waals surface area contributed by atoms with Crippen LogP contribution in [0.25, 0.3) is 0 Å². The fraction of sp³-hybridized carbons (Fsp3) is 0.375. The van der Waals surface area contributed by atoms with Gasteiger partial charge in [-0.05, 0) is 18.6 Å². The minimum atomic E-state index is -4.96. The SMILES string of the molecule is Cc1ccncc1C(C(F)(F)F)S(=O)(=O)Cl. The summed E-state index contributed by atoms with van der Waals surface area (Å²) in [7, 11) is 0.0238. The zero-order chi connectivity index (χ0) is 12.6. The van der Waals surface area contributed by atoms with Crippen molar-refractivity contribution in [3.8, 4) is 0 Å². The molecule has 0 fully saturated rings. The van der Waals surface area contributed by atoms with Crippen LogP contribution < -0.4 is 0 Å². The number of rotatable bonds is 2. The molecule has 0 amide bonds.